The second-order valence-corrected chi connectivity index (χ2v) is 7.45. The lowest BCUT2D eigenvalue weighted by Crippen LogP contribution is -2.34. The fraction of sp³-hybridized carbons (Fsp3) is 0.286. The van der Waals surface area contributed by atoms with E-state index in [1.165, 1.54) is 5.56 Å². The molecular formula is C21H26N4O3. The minimum absolute atomic E-state index is 0.124. The van der Waals surface area contributed by atoms with E-state index in [4.69, 9.17) is 10.8 Å². The summed E-state index contributed by atoms with van der Waals surface area (Å²) in [5.41, 5.74) is 9.32. The zero-order valence-electron chi connectivity index (χ0n) is 16.3. The Kier molecular flexibility index (Phi) is 6.76. The van der Waals surface area contributed by atoms with Gasteiger partial charge in [0.15, 0.2) is 0 Å². The molecule has 0 aliphatic rings. The molecule has 148 valence electrons. The Labute approximate surface area is 164 Å². The van der Waals surface area contributed by atoms with Gasteiger partial charge < -0.3 is 21.5 Å². The molecule has 0 spiro atoms. The largest absolute Gasteiger partial charge is 0.463 e. The number of amides is 2. The summed E-state index contributed by atoms with van der Waals surface area (Å²) < 4.78 is 0. The molecule has 28 heavy (non-hydrogen) atoms. The van der Waals surface area contributed by atoms with Crippen LogP contribution >= 0.6 is 0 Å². The number of nitrogens with zero attached hydrogens (tertiary/aromatic N) is 1. The minimum Gasteiger partial charge on any atom is -0.463 e. The maximum Gasteiger partial charge on any atom is 0.432 e. The smallest absolute Gasteiger partial charge is 0.432 e. The maximum absolute atomic E-state index is 12.1. The number of benzene rings is 2. The predicted molar refractivity (Wildman–Crippen MR) is 111 cm³/mol. The average molecular weight is 382 g/mol. The van der Waals surface area contributed by atoms with Crippen LogP contribution in [-0.2, 0) is 12.0 Å². The summed E-state index contributed by atoms with van der Waals surface area (Å²) in [4.78, 5) is 25.6. The summed E-state index contributed by atoms with van der Waals surface area (Å²) in [5, 5.41) is 14.4. The van der Waals surface area contributed by atoms with Crippen molar-refractivity contribution < 1.29 is 14.7 Å². The molecule has 0 bridgehead atoms. The van der Waals surface area contributed by atoms with Gasteiger partial charge in [-0.3, -0.25) is 4.79 Å². The van der Waals surface area contributed by atoms with Crippen molar-refractivity contribution in [3.63, 3.8) is 0 Å². The number of hydrogen-bond donors (Lipinski definition) is 4. The monoisotopic (exact) mass is 382 g/mol. The molecule has 0 fully saturated rings. The number of carbonyl (C=O) groups excluding carboxylic acids is 1. The second kappa shape index (κ2) is 9.03. The van der Waals surface area contributed by atoms with Crippen LogP contribution in [0.25, 0.3) is 0 Å². The zero-order chi connectivity index (χ0) is 20.7. The molecule has 7 nitrogen and oxygen atoms in total. The molecule has 0 aromatic heterocycles. The van der Waals surface area contributed by atoms with Crippen molar-refractivity contribution >= 4 is 23.5 Å². The summed E-state index contributed by atoms with van der Waals surface area (Å²) >= 11 is 0. The second-order valence-electron chi connectivity index (χ2n) is 7.45. The van der Waals surface area contributed by atoms with Gasteiger partial charge in [-0.15, -0.1) is 0 Å². The van der Waals surface area contributed by atoms with E-state index < -0.39 is 6.09 Å². The van der Waals surface area contributed by atoms with Gasteiger partial charge in [0.05, 0.1) is 6.54 Å². The van der Waals surface area contributed by atoms with E-state index in [1.54, 1.807) is 12.1 Å². The normalized spacial score (nSPS) is 11.8. The quantitative estimate of drug-likeness (QED) is 0.451. The Morgan fingerprint density at radius 2 is 1.64 bits per heavy atom. The standard InChI is InChI=1S/C21H26N4O3/c1-21(2,3)16-8-10-17(11-9-16)23-12-14-4-6-15(7-5-14)19(26)24-13-18(22)25-20(27)28/h4-11,23H,12-13H2,1-3H3,(H2,22,25)(H,24,26)(H,27,28). The lowest BCUT2D eigenvalue weighted by Gasteiger charge is -2.19. The summed E-state index contributed by atoms with van der Waals surface area (Å²) in [6, 6.07) is 15.5. The van der Waals surface area contributed by atoms with Gasteiger partial charge in [-0.25, -0.2) is 4.79 Å². The first-order valence-corrected chi connectivity index (χ1v) is 8.92. The molecule has 0 atom stereocenters. The van der Waals surface area contributed by atoms with Crippen molar-refractivity contribution in [1.82, 2.24) is 5.32 Å². The molecule has 0 unspecified atom stereocenters. The van der Waals surface area contributed by atoms with E-state index in [-0.39, 0.29) is 23.7 Å². The lowest BCUT2D eigenvalue weighted by atomic mass is 9.87. The highest BCUT2D eigenvalue weighted by atomic mass is 16.4. The predicted octanol–water partition coefficient (Wildman–Crippen LogP) is 3.36. The number of nitrogens with two attached hydrogens (primary N) is 1. The van der Waals surface area contributed by atoms with E-state index in [0.29, 0.717) is 12.1 Å². The van der Waals surface area contributed by atoms with Crippen molar-refractivity contribution in [1.29, 1.82) is 0 Å². The van der Waals surface area contributed by atoms with E-state index in [2.05, 4.69) is 60.7 Å². The number of aliphatic imine (C=N–C) groups is 1. The van der Waals surface area contributed by atoms with Crippen LogP contribution in [0.4, 0.5) is 10.5 Å². The van der Waals surface area contributed by atoms with Crippen molar-refractivity contribution in [2.24, 2.45) is 10.7 Å². The number of rotatable bonds is 6. The molecule has 2 aromatic carbocycles. The van der Waals surface area contributed by atoms with Crippen molar-refractivity contribution in [3.8, 4) is 0 Å². The summed E-state index contributed by atoms with van der Waals surface area (Å²) in [6.07, 6.45) is -1.39. The fourth-order valence-corrected chi connectivity index (χ4v) is 2.50. The third-order valence-corrected chi connectivity index (χ3v) is 4.13. The number of hydrogen-bond acceptors (Lipinski definition) is 3. The summed E-state index contributed by atoms with van der Waals surface area (Å²) in [6.45, 7) is 7.05. The molecule has 0 radical (unpaired) electrons. The molecule has 0 saturated carbocycles. The van der Waals surface area contributed by atoms with Crippen LogP contribution in [0.15, 0.2) is 53.5 Å². The highest BCUT2D eigenvalue weighted by molar-refractivity contribution is 5.98. The van der Waals surface area contributed by atoms with Gasteiger partial charge in [0.25, 0.3) is 5.91 Å². The molecule has 2 rings (SSSR count). The van der Waals surface area contributed by atoms with Crippen LogP contribution in [0.1, 0.15) is 42.3 Å². The molecular weight excluding hydrogens is 356 g/mol. The fourth-order valence-electron chi connectivity index (χ4n) is 2.50. The number of anilines is 1. The van der Waals surface area contributed by atoms with Crippen LogP contribution in [-0.4, -0.2) is 29.5 Å². The number of carboxylic acid groups (broad SMARTS) is 1. The van der Waals surface area contributed by atoms with Crippen LogP contribution in [0.3, 0.4) is 0 Å². The first kappa shape index (κ1) is 21.0. The van der Waals surface area contributed by atoms with Gasteiger partial charge in [0.2, 0.25) is 0 Å². The summed E-state index contributed by atoms with van der Waals surface area (Å²) in [5.74, 6) is -0.514. The van der Waals surface area contributed by atoms with Crippen LogP contribution in [0.5, 0.6) is 0 Å². The Balaban J connectivity index is 1.88. The number of nitrogens with one attached hydrogen (secondary N) is 2. The first-order valence-electron chi connectivity index (χ1n) is 8.92. The molecule has 0 saturated heterocycles. The topological polar surface area (TPSA) is 117 Å². The lowest BCUT2D eigenvalue weighted by molar-refractivity contribution is 0.0959. The SMILES string of the molecule is CC(C)(C)c1ccc(NCc2ccc(C(=O)NC/C(N)=N/C(=O)O)cc2)cc1. The van der Waals surface area contributed by atoms with Crippen LogP contribution in [0.2, 0.25) is 0 Å². The molecule has 5 N–H and O–H groups in total. The van der Waals surface area contributed by atoms with Crippen LogP contribution in [0, 0.1) is 0 Å². The third kappa shape index (κ3) is 6.42. The van der Waals surface area contributed by atoms with Gasteiger partial charge in [-0.2, -0.15) is 4.99 Å². The summed E-state index contributed by atoms with van der Waals surface area (Å²) in [7, 11) is 0. The first-order chi connectivity index (χ1) is 13.1. The zero-order valence-corrected chi connectivity index (χ0v) is 16.3. The Hall–Kier alpha value is -3.35. The molecule has 2 aromatic rings. The van der Waals surface area contributed by atoms with Gasteiger partial charge in [0.1, 0.15) is 5.84 Å². The molecule has 0 aliphatic heterocycles. The molecule has 0 heterocycles. The molecule has 7 heteroatoms. The number of amidine groups is 1. The minimum atomic E-state index is -1.39. The van der Waals surface area contributed by atoms with E-state index in [1.807, 2.05) is 12.1 Å². The van der Waals surface area contributed by atoms with E-state index in [9.17, 15) is 9.59 Å². The molecule has 0 aliphatic carbocycles. The van der Waals surface area contributed by atoms with Crippen molar-refractivity contribution in [2.75, 3.05) is 11.9 Å². The van der Waals surface area contributed by atoms with Gasteiger partial charge >= 0.3 is 6.09 Å². The average Bonchev–Trinajstić information content (AvgIpc) is 2.64. The third-order valence-electron chi connectivity index (χ3n) is 4.13. The Morgan fingerprint density at radius 3 is 2.18 bits per heavy atom. The molecule has 2 amide bonds. The Morgan fingerprint density at radius 1 is 1.04 bits per heavy atom. The maximum atomic E-state index is 12.1. The van der Waals surface area contributed by atoms with Crippen LogP contribution < -0.4 is 16.4 Å². The van der Waals surface area contributed by atoms with E-state index >= 15 is 0 Å². The van der Waals surface area contributed by atoms with Gasteiger partial charge in [-0.05, 0) is 40.8 Å². The Bertz CT molecular complexity index is 851. The van der Waals surface area contributed by atoms with Crippen molar-refractivity contribution in [2.45, 2.75) is 32.7 Å². The number of carbonyl (C=O) groups is 2. The van der Waals surface area contributed by atoms with E-state index in [0.717, 1.165) is 11.3 Å². The van der Waals surface area contributed by atoms with Gasteiger partial charge in [0, 0.05) is 17.8 Å². The highest BCUT2D eigenvalue weighted by Gasteiger charge is 2.12. The van der Waals surface area contributed by atoms with Crippen molar-refractivity contribution in [3.05, 3.63) is 65.2 Å². The highest BCUT2D eigenvalue weighted by Crippen LogP contribution is 2.23. The van der Waals surface area contributed by atoms with Gasteiger partial charge in [-0.1, -0.05) is 45.0 Å².